The van der Waals surface area contributed by atoms with Crippen LogP contribution >= 0.6 is 46.4 Å². The minimum Gasteiger partial charge on any atom is -0.280 e. The van der Waals surface area contributed by atoms with Crippen LogP contribution in [-0.2, 0) is 20.0 Å². The Hall–Kier alpha value is -1.68. The van der Waals surface area contributed by atoms with E-state index in [-0.39, 0.29) is 41.3 Å². The number of sulfonamides is 2. The lowest BCUT2D eigenvalue weighted by Gasteiger charge is -2.12. The van der Waals surface area contributed by atoms with Crippen molar-refractivity contribution >= 4 is 77.8 Å². The fraction of sp³-hybridized carbons (Fsp3) is 0. The molecule has 0 amide bonds. The number of hydrogen-bond donors (Lipinski definition) is 2. The zero-order valence-corrected chi connectivity index (χ0v) is 19.4. The molecule has 0 bridgehead atoms. The number of benzene rings is 3. The Morgan fingerprint density at radius 3 is 1.20 bits per heavy atom. The highest BCUT2D eigenvalue weighted by atomic mass is 35.5. The van der Waals surface area contributed by atoms with E-state index >= 15 is 0 Å². The number of halogens is 4. The van der Waals surface area contributed by atoms with Crippen molar-refractivity contribution in [2.24, 2.45) is 0 Å². The average molecular weight is 526 g/mol. The standard InChI is InChI=1S/C18H12Cl4N2O4S2/c19-11-4-12(20)7-17(6-11)29(25,26)23-15-2-1-3-16(10-15)24-30(27,28)18-8-13(21)5-14(22)9-18/h1-10,23-24H. The molecule has 0 spiro atoms. The van der Waals surface area contributed by atoms with E-state index in [9.17, 15) is 16.8 Å². The Kier molecular flexibility index (Phi) is 6.76. The second-order valence-corrected chi connectivity index (χ2v) is 11.1. The Morgan fingerprint density at radius 2 is 0.867 bits per heavy atom. The first-order valence-electron chi connectivity index (χ1n) is 8.02. The molecular weight excluding hydrogens is 514 g/mol. The van der Waals surface area contributed by atoms with Crippen LogP contribution in [0.15, 0.2) is 70.5 Å². The predicted molar refractivity (Wildman–Crippen MR) is 121 cm³/mol. The third kappa shape index (κ3) is 5.72. The molecule has 158 valence electrons. The smallest absolute Gasteiger partial charge is 0.261 e. The van der Waals surface area contributed by atoms with Crippen LogP contribution in [0.2, 0.25) is 20.1 Å². The van der Waals surface area contributed by atoms with Crippen LogP contribution < -0.4 is 9.44 Å². The van der Waals surface area contributed by atoms with Crippen LogP contribution in [0.1, 0.15) is 0 Å². The topological polar surface area (TPSA) is 92.3 Å². The summed E-state index contributed by atoms with van der Waals surface area (Å²) in [6, 6.07) is 13.5. The number of anilines is 2. The summed E-state index contributed by atoms with van der Waals surface area (Å²) in [6.07, 6.45) is 0. The van der Waals surface area contributed by atoms with Crippen LogP contribution in [0.25, 0.3) is 0 Å². The molecule has 0 aromatic heterocycles. The summed E-state index contributed by atoms with van der Waals surface area (Å²) in [4.78, 5) is -0.279. The molecule has 0 unspecified atom stereocenters. The van der Waals surface area contributed by atoms with E-state index in [0.29, 0.717) is 0 Å². The maximum atomic E-state index is 12.6. The average Bonchev–Trinajstić information content (AvgIpc) is 2.59. The molecule has 30 heavy (non-hydrogen) atoms. The molecule has 12 heteroatoms. The normalized spacial score (nSPS) is 11.9. The van der Waals surface area contributed by atoms with Gasteiger partial charge in [0, 0.05) is 20.1 Å². The zero-order chi connectivity index (χ0) is 22.1. The summed E-state index contributed by atoms with van der Waals surface area (Å²) in [5.74, 6) is 0. The number of rotatable bonds is 6. The van der Waals surface area contributed by atoms with Crippen molar-refractivity contribution in [1.82, 2.24) is 0 Å². The van der Waals surface area contributed by atoms with Gasteiger partial charge in [0.15, 0.2) is 0 Å². The van der Waals surface area contributed by atoms with Gasteiger partial charge in [-0.05, 0) is 54.6 Å². The Labute approximate surface area is 193 Å². The SMILES string of the molecule is O=S(=O)(Nc1cccc(NS(=O)(=O)c2cc(Cl)cc(Cl)c2)c1)c1cc(Cl)cc(Cl)c1. The molecule has 0 aliphatic rings. The number of hydrogen-bond acceptors (Lipinski definition) is 4. The highest BCUT2D eigenvalue weighted by molar-refractivity contribution is 7.93. The van der Waals surface area contributed by atoms with E-state index in [4.69, 9.17) is 46.4 Å². The molecule has 0 radical (unpaired) electrons. The quantitative estimate of drug-likeness (QED) is 0.419. The minimum atomic E-state index is -4.01. The first kappa shape index (κ1) is 23.0. The van der Waals surface area contributed by atoms with Gasteiger partial charge in [0.2, 0.25) is 0 Å². The van der Waals surface area contributed by atoms with Crippen molar-refractivity contribution < 1.29 is 16.8 Å². The molecule has 0 heterocycles. The third-order valence-electron chi connectivity index (χ3n) is 3.66. The van der Waals surface area contributed by atoms with Gasteiger partial charge < -0.3 is 0 Å². The summed E-state index contributed by atoms with van der Waals surface area (Å²) >= 11 is 23.5. The molecule has 0 atom stereocenters. The van der Waals surface area contributed by atoms with Crippen molar-refractivity contribution in [3.63, 3.8) is 0 Å². The zero-order valence-electron chi connectivity index (χ0n) is 14.7. The molecule has 0 fully saturated rings. The molecule has 0 aliphatic carbocycles. The summed E-state index contributed by atoms with van der Waals surface area (Å²) in [7, 11) is -8.03. The van der Waals surface area contributed by atoms with Crippen LogP contribution in [0.5, 0.6) is 0 Å². The maximum absolute atomic E-state index is 12.6. The fourth-order valence-corrected chi connectivity index (χ4v) is 5.99. The van der Waals surface area contributed by atoms with Crippen molar-refractivity contribution in [3.8, 4) is 0 Å². The van der Waals surface area contributed by atoms with Crippen molar-refractivity contribution in [2.75, 3.05) is 9.44 Å². The fourth-order valence-electron chi connectivity index (χ4n) is 2.44. The van der Waals surface area contributed by atoms with Crippen molar-refractivity contribution in [1.29, 1.82) is 0 Å². The van der Waals surface area contributed by atoms with Crippen molar-refractivity contribution in [2.45, 2.75) is 9.79 Å². The molecule has 2 N–H and O–H groups in total. The van der Waals surface area contributed by atoms with Crippen LogP contribution in [0.4, 0.5) is 11.4 Å². The largest absolute Gasteiger partial charge is 0.280 e. The van der Waals surface area contributed by atoms with Gasteiger partial charge >= 0.3 is 0 Å². The number of nitrogens with one attached hydrogen (secondary N) is 2. The third-order valence-corrected chi connectivity index (χ3v) is 7.25. The van der Waals surface area contributed by atoms with Gasteiger partial charge in [-0.2, -0.15) is 0 Å². The van der Waals surface area contributed by atoms with Crippen LogP contribution in [0.3, 0.4) is 0 Å². The monoisotopic (exact) mass is 524 g/mol. The lowest BCUT2D eigenvalue weighted by Crippen LogP contribution is -2.15. The van der Waals surface area contributed by atoms with Crippen molar-refractivity contribution in [3.05, 3.63) is 80.8 Å². The first-order chi connectivity index (χ1) is 13.9. The van der Waals surface area contributed by atoms with E-state index in [0.717, 1.165) is 0 Å². The molecule has 0 saturated carbocycles. The van der Waals surface area contributed by atoms with Crippen LogP contribution in [-0.4, -0.2) is 16.8 Å². The predicted octanol–water partition coefficient (Wildman–Crippen LogP) is 5.90. The van der Waals surface area contributed by atoms with E-state index in [1.165, 1.54) is 60.7 Å². The van der Waals surface area contributed by atoms with Gasteiger partial charge in [0.1, 0.15) is 0 Å². The second kappa shape index (κ2) is 8.82. The maximum Gasteiger partial charge on any atom is 0.261 e. The van der Waals surface area contributed by atoms with Gasteiger partial charge in [0.25, 0.3) is 20.0 Å². The van der Waals surface area contributed by atoms with Gasteiger partial charge in [-0.1, -0.05) is 52.5 Å². The molecule has 0 saturated heterocycles. The Bertz CT molecular complexity index is 1190. The Morgan fingerprint density at radius 1 is 0.533 bits per heavy atom. The lowest BCUT2D eigenvalue weighted by atomic mass is 10.3. The van der Waals surface area contributed by atoms with E-state index < -0.39 is 20.0 Å². The minimum absolute atomic E-state index is 0.121. The Balaban J connectivity index is 1.87. The van der Waals surface area contributed by atoms with Gasteiger partial charge in [-0.3, -0.25) is 9.44 Å². The highest BCUT2D eigenvalue weighted by Crippen LogP contribution is 2.27. The van der Waals surface area contributed by atoms with Gasteiger partial charge in [-0.25, -0.2) is 16.8 Å². The summed E-state index contributed by atoms with van der Waals surface area (Å²) in [5.41, 5.74) is 0.242. The van der Waals surface area contributed by atoms with Gasteiger partial charge in [-0.15, -0.1) is 0 Å². The molecule has 3 aromatic rings. The summed E-state index contributed by atoms with van der Waals surface area (Å²) < 4.78 is 55.1. The molecule has 3 aromatic carbocycles. The van der Waals surface area contributed by atoms with E-state index in [1.54, 1.807) is 0 Å². The van der Waals surface area contributed by atoms with E-state index in [1.807, 2.05) is 0 Å². The molecular formula is C18H12Cl4N2O4S2. The summed E-state index contributed by atoms with van der Waals surface area (Å²) in [5, 5.41) is 0.628. The molecule has 0 aliphatic heterocycles. The van der Waals surface area contributed by atoms with E-state index in [2.05, 4.69) is 9.44 Å². The summed E-state index contributed by atoms with van der Waals surface area (Å²) in [6.45, 7) is 0. The molecule has 6 nitrogen and oxygen atoms in total. The first-order valence-corrected chi connectivity index (χ1v) is 12.5. The molecule has 3 rings (SSSR count). The second-order valence-electron chi connectivity index (χ2n) is 6.00. The van der Waals surface area contributed by atoms with Gasteiger partial charge in [0.05, 0.1) is 21.2 Å². The highest BCUT2D eigenvalue weighted by Gasteiger charge is 2.18. The lowest BCUT2D eigenvalue weighted by molar-refractivity contribution is 0.599. The van der Waals surface area contributed by atoms with Crippen LogP contribution in [0, 0.1) is 0 Å².